The number of benzene rings is 2. The highest BCUT2D eigenvalue weighted by atomic mass is 32.1. The Morgan fingerprint density at radius 3 is 2.64 bits per heavy atom. The van der Waals surface area contributed by atoms with Crippen LogP contribution in [-0.2, 0) is 6.54 Å². The molecule has 0 saturated heterocycles. The molecule has 1 amide bonds. The van der Waals surface area contributed by atoms with Crippen LogP contribution in [0.5, 0.6) is 0 Å². The van der Waals surface area contributed by atoms with E-state index in [1.165, 1.54) is 0 Å². The maximum atomic E-state index is 12.6. The molecule has 0 bridgehead atoms. The van der Waals surface area contributed by atoms with Gasteiger partial charge >= 0.3 is 0 Å². The Bertz CT molecular complexity index is 989. The van der Waals surface area contributed by atoms with Gasteiger partial charge in [0.1, 0.15) is 5.01 Å². The molecule has 124 valence electrons. The van der Waals surface area contributed by atoms with Gasteiger partial charge in [0.05, 0.1) is 22.4 Å². The number of amides is 1. The van der Waals surface area contributed by atoms with Crippen LogP contribution in [0.3, 0.4) is 0 Å². The van der Waals surface area contributed by atoms with E-state index in [0.717, 1.165) is 20.9 Å². The molecule has 2 aromatic heterocycles. The molecule has 25 heavy (non-hydrogen) atoms. The minimum absolute atomic E-state index is 0.117. The fourth-order valence-electron chi connectivity index (χ4n) is 2.62. The van der Waals surface area contributed by atoms with Crippen molar-refractivity contribution in [2.45, 2.75) is 6.54 Å². The molecule has 0 aliphatic heterocycles. The Morgan fingerprint density at radius 2 is 1.84 bits per heavy atom. The summed E-state index contributed by atoms with van der Waals surface area (Å²) in [4.78, 5) is 18.9. The van der Waals surface area contributed by atoms with Crippen LogP contribution in [0.2, 0.25) is 0 Å². The van der Waals surface area contributed by atoms with Crippen LogP contribution in [0.4, 0.5) is 0 Å². The van der Waals surface area contributed by atoms with Crippen molar-refractivity contribution in [2.75, 3.05) is 7.05 Å². The maximum Gasteiger partial charge on any atom is 0.274 e. The van der Waals surface area contributed by atoms with E-state index in [1.807, 2.05) is 54.6 Å². The van der Waals surface area contributed by atoms with Gasteiger partial charge in [-0.25, -0.2) is 9.67 Å². The van der Waals surface area contributed by atoms with Gasteiger partial charge in [-0.15, -0.1) is 11.3 Å². The quantitative estimate of drug-likeness (QED) is 0.564. The first-order valence-corrected chi connectivity index (χ1v) is 8.73. The number of aromatic nitrogens is 3. The van der Waals surface area contributed by atoms with Crippen molar-refractivity contribution in [3.63, 3.8) is 0 Å². The van der Waals surface area contributed by atoms with Crippen molar-refractivity contribution in [3.05, 3.63) is 77.6 Å². The lowest BCUT2D eigenvalue weighted by atomic mass is 10.3. The van der Waals surface area contributed by atoms with Crippen LogP contribution >= 0.6 is 11.3 Å². The Hall–Kier alpha value is -2.99. The summed E-state index contributed by atoms with van der Waals surface area (Å²) in [5.41, 5.74) is 2.32. The number of nitrogens with zero attached hydrogens (tertiary/aromatic N) is 4. The van der Waals surface area contributed by atoms with E-state index in [-0.39, 0.29) is 5.91 Å². The molecule has 0 unspecified atom stereocenters. The molecule has 5 nitrogen and oxygen atoms in total. The third kappa shape index (κ3) is 3.16. The van der Waals surface area contributed by atoms with E-state index in [0.29, 0.717) is 12.2 Å². The first-order chi connectivity index (χ1) is 12.2. The zero-order valence-electron chi connectivity index (χ0n) is 13.7. The third-order valence-electron chi connectivity index (χ3n) is 3.89. The first kappa shape index (κ1) is 15.5. The molecule has 4 aromatic rings. The van der Waals surface area contributed by atoms with Crippen molar-refractivity contribution >= 4 is 27.5 Å². The number of hydrogen-bond acceptors (Lipinski definition) is 4. The van der Waals surface area contributed by atoms with E-state index in [9.17, 15) is 4.79 Å². The van der Waals surface area contributed by atoms with E-state index in [1.54, 1.807) is 40.2 Å². The highest BCUT2D eigenvalue weighted by Gasteiger charge is 2.17. The fourth-order valence-corrected chi connectivity index (χ4v) is 3.64. The zero-order chi connectivity index (χ0) is 17.2. The number of carbonyl (C=O) groups excluding carboxylic acids is 1. The molecule has 0 saturated carbocycles. The summed E-state index contributed by atoms with van der Waals surface area (Å²) in [5, 5.41) is 5.31. The minimum atomic E-state index is -0.117. The van der Waals surface area contributed by atoms with Gasteiger partial charge < -0.3 is 4.90 Å². The summed E-state index contributed by atoms with van der Waals surface area (Å²) in [6.07, 6.45) is 1.80. The molecule has 2 heterocycles. The average molecular weight is 348 g/mol. The normalized spacial score (nSPS) is 10.9. The Balaban J connectivity index is 1.51. The number of hydrogen-bond donors (Lipinski definition) is 0. The van der Waals surface area contributed by atoms with Gasteiger partial charge in [-0.1, -0.05) is 30.3 Å². The first-order valence-electron chi connectivity index (χ1n) is 7.92. The monoisotopic (exact) mass is 348 g/mol. The third-order valence-corrected chi connectivity index (χ3v) is 4.91. The molecule has 0 atom stereocenters. The fraction of sp³-hybridized carbons (Fsp3) is 0.105. The Kier molecular flexibility index (Phi) is 4.03. The molecular weight excluding hydrogens is 332 g/mol. The van der Waals surface area contributed by atoms with E-state index in [2.05, 4.69) is 10.1 Å². The van der Waals surface area contributed by atoms with Gasteiger partial charge in [-0.05, 0) is 30.3 Å². The maximum absolute atomic E-state index is 12.6. The Morgan fingerprint density at radius 1 is 1.08 bits per heavy atom. The van der Waals surface area contributed by atoms with Crippen molar-refractivity contribution in [1.29, 1.82) is 0 Å². The number of rotatable bonds is 4. The van der Waals surface area contributed by atoms with Crippen LogP contribution in [0, 0.1) is 0 Å². The Labute approximate surface area is 149 Å². The summed E-state index contributed by atoms with van der Waals surface area (Å²) >= 11 is 1.61. The molecular formula is C19H16N4OS. The molecule has 0 fully saturated rings. The van der Waals surface area contributed by atoms with E-state index < -0.39 is 0 Å². The van der Waals surface area contributed by atoms with Gasteiger partial charge in [0.15, 0.2) is 5.69 Å². The van der Waals surface area contributed by atoms with Gasteiger partial charge in [0, 0.05) is 13.2 Å². The highest BCUT2D eigenvalue weighted by Crippen LogP contribution is 2.22. The number of carbonyl (C=O) groups is 1. The predicted molar refractivity (Wildman–Crippen MR) is 99.0 cm³/mol. The molecule has 2 aromatic carbocycles. The number of fused-ring (bicyclic) bond motifs is 1. The molecule has 6 heteroatoms. The molecule has 0 radical (unpaired) electrons. The van der Waals surface area contributed by atoms with Crippen molar-refractivity contribution in [2.24, 2.45) is 0 Å². The van der Waals surface area contributed by atoms with E-state index >= 15 is 0 Å². The van der Waals surface area contributed by atoms with Crippen LogP contribution in [0.25, 0.3) is 15.9 Å². The predicted octanol–water partition coefficient (Wildman–Crippen LogP) is 3.75. The lowest BCUT2D eigenvalue weighted by Crippen LogP contribution is -2.26. The number of para-hydroxylation sites is 2. The average Bonchev–Trinajstić information content (AvgIpc) is 3.28. The van der Waals surface area contributed by atoms with Crippen LogP contribution < -0.4 is 0 Å². The SMILES string of the molecule is CN(Cc1nc2ccccc2s1)C(=O)c1ccn(-c2ccccc2)n1. The van der Waals surface area contributed by atoms with Gasteiger partial charge in [0.2, 0.25) is 0 Å². The molecule has 0 aliphatic rings. The van der Waals surface area contributed by atoms with Gasteiger partial charge in [-0.3, -0.25) is 4.79 Å². The number of thiazole rings is 1. The second-order valence-corrected chi connectivity index (χ2v) is 6.83. The highest BCUT2D eigenvalue weighted by molar-refractivity contribution is 7.18. The summed E-state index contributed by atoms with van der Waals surface area (Å²) in [7, 11) is 1.77. The summed E-state index contributed by atoms with van der Waals surface area (Å²) < 4.78 is 2.84. The lowest BCUT2D eigenvalue weighted by Gasteiger charge is -2.13. The molecule has 0 spiro atoms. The summed E-state index contributed by atoms with van der Waals surface area (Å²) in [6.45, 7) is 0.469. The van der Waals surface area contributed by atoms with Gasteiger partial charge in [-0.2, -0.15) is 5.10 Å². The summed E-state index contributed by atoms with van der Waals surface area (Å²) in [6, 6.07) is 19.5. The van der Waals surface area contributed by atoms with Crippen molar-refractivity contribution in [3.8, 4) is 5.69 Å². The zero-order valence-corrected chi connectivity index (χ0v) is 14.5. The largest absolute Gasteiger partial charge is 0.334 e. The topological polar surface area (TPSA) is 51.0 Å². The molecule has 4 rings (SSSR count). The summed E-state index contributed by atoms with van der Waals surface area (Å²) in [5.74, 6) is -0.117. The van der Waals surface area contributed by atoms with Gasteiger partial charge in [0.25, 0.3) is 5.91 Å². The molecule has 0 aliphatic carbocycles. The van der Waals surface area contributed by atoms with Crippen LogP contribution in [0.15, 0.2) is 66.9 Å². The lowest BCUT2D eigenvalue weighted by molar-refractivity contribution is 0.0778. The van der Waals surface area contributed by atoms with E-state index in [4.69, 9.17) is 0 Å². The molecule has 0 N–H and O–H groups in total. The van der Waals surface area contributed by atoms with Crippen LogP contribution in [-0.4, -0.2) is 32.6 Å². The van der Waals surface area contributed by atoms with Crippen molar-refractivity contribution < 1.29 is 4.79 Å². The van der Waals surface area contributed by atoms with Crippen LogP contribution in [0.1, 0.15) is 15.5 Å². The smallest absolute Gasteiger partial charge is 0.274 e. The second kappa shape index (κ2) is 6.49. The standard InChI is InChI=1S/C19H16N4OS/c1-22(13-18-20-15-9-5-6-10-17(15)25-18)19(24)16-11-12-23(21-16)14-7-3-2-4-8-14/h2-12H,13H2,1H3. The second-order valence-electron chi connectivity index (χ2n) is 5.72. The minimum Gasteiger partial charge on any atom is -0.334 e. The van der Waals surface area contributed by atoms with Crippen molar-refractivity contribution in [1.82, 2.24) is 19.7 Å².